The Kier molecular flexibility index (Phi) is 13.3. The summed E-state index contributed by atoms with van der Waals surface area (Å²) < 4.78 is 20.9. The Hall–Kier alpha value is -6.34. The SMILES string of the molecule is COC(=O)N[C@@H](C(=O)N1[C@H](c2nc(-c3ccc4cc(-c5ccc(-c6cnc([C@@H]7CCN(C)N7C(=O)[C@H](NC(=O)OC)C7CCOCC7)[nH]6)cc5)ccc4c3)c[nH]2)CCN1C)C1CCOCC1. The van der Waals surface area contributed by atoms with Crippen LogP contribution in [-0.2, 0) is 28.5 Å². The number of alkyl carbamates (subject to hydrolysis) is 2. The summed E-state index contributed by atoms with van der Waals surface area (Å²) in [5, 5.41) is 15.0. The van der Waals surface area contributed by atoms with Crippen molar-refractivity contribution in [3.63, 3.8) is 0 Å². The lowest BCUT2D eigenvalue weighted by atomic mass is 9.90. The largest absolute Gasteiger partial charge is 0.453 e. The van der Waals surface area contributed by atoms with Gasteiger partial charge in [-0.3, -0.25) is 19.6 Å². The van der Waals surface area contributed by atoms with Gasteiger partial charge in [0.1, 0.15) is 35.8 Å². The predicted octanol–water partition coefficient (Wildman–Crippen LogP) is 5.83. The van der Waals surface area contributed by atoms with E-state index in [9.17, 15) is 19.2 Å². The van der Waals surface area contributed by atoms with E-state index in [1.165, 1.54) is 14.2 Å². The number of hydrazine groups is 2. The average molecular weight is 903 g/mol. The lowest BCUT2D eigenvalue weighted by Gasteiger charge is -2.36. The molecule has 0 radical (unpaired) electrons. The number of methoxy groups -OCH3 is 2. The normalized spacial score (nSPS) is 20.9. The number of hydrogen-bond acceptors (Lipinski definition) is 12. The minimum absolute atomic E-state index is 0.0687. The van der Waals surface area contributed by atoms with Gasteiger partial charge >= 0.3 is 12.2 Å². The molecule has 0 spiro atoms. The summed E-state index contributed by atoms with van der Waals surface area (Å²) in [6.07, 6.45) is 6.47. The maximum Gasteiger partial charge on any atom is 0.407 e. The van der Waals surface area contributed by atoms with E-state index in [-0.39, 0.29) is 35.7 Å². The minimum Gasteiger partial charge on any atom is -0.453 e. The van der Waals surface area contributed by atoms with E-state index in [0.29, 0.717) is 89.7 Å². The summed E-state index contributed by atoms with van der Waals surface area (Å²) >= 11 is 0. The Morgan fingerprint density at radius 1 is 0.652 bits per heavy atom. The number of amides is 4. The molecule has 9 rings (SSSR count). The lowest BCUT2D eigenvalue weighted by molar-refractivity contribution is -0.151. The zero-order valence-corrected chi connectivity index (χ0v) is 37.8. The topological polar surface area (TPSA) is 200 Å². The van der Waals surface area contributed by atoms with Gasteiger partial charge in [-0.25, -0.2) is 29.6 Å². The van der Waals surface area contributed by atoms with E-state index in [1.807, 2.05) is 30.3 Å². The zero-order valence-electron chi connectivity index (χ0n) is 37.8. The summed E-state index contributed by atoms with van der Waals surface area (Å²) in [6.45, 7) is 3.48. The molecule has 66 heavy (non-hydrogen) atoms. The van der Waals surface area contributed by atoms with E-state index >= 15 is 0 Å². The number of ether oxygens (including phenoxy) is 4. The molecule has 0 aliphatic carbocycles. The van der Waals surface area contributed by atoms with Crippen molar-refractivity contribution in [1.29, 1.82) is 0 Å². The molecule has 0 saturated carbocycles. The van der Waals surface area contributed by atoms with E-state index in [4.69, 9.17) is 28.9 Å². The van der Waals surface area contributed by atoms with Crippen LogP contribution in [0, 0.1) is 11.8 Å². The lowest BCUT2D eigenvalue weighted by Crippen LogP contribution is -2.55. The molecule has 5 aromatic rings. The minimum atomic E-state index is -0.746. The Bertz CT molecular complexity index is 2530. The van der Waals surface area contributed by atoms with Crippen molar-refractivity contribution in [1.82, 2.24) is 50.6 Å². The number of carbonyl (C=O) groups excluding carboxylic acids is 4. The highest BCUT2D eigenvalue weighted by Crippen LogP contribution is 2.37. The number of H-pyrrole nitrogens is 2. The smallest absolute Gasteiger partial charge is 0.407 e. The third-order valence-corrected chi connectivity index (χ3v) is 13.6. The van der Waals surface area contributed by atoms with Gasteiger partial charge in [0.25, 0.3) is 11.8 Å². The second-order valence-electron chi connectivity index (χ2n) is 17.6. The van der Waals surface area contributed by atoms with Crippen molar-refractivity contribution < 1.29 is 38.1 Å². The highest BCUT2D eigenvalue weighted by Gasteiger charge is 2.44. The number of aromatic amines is 2. The van der Waals surface area contributed by atoms with Gasteiger partial charge in [-0.2, -0.15) is 0 Å². The van der Waals surface area contributed by atoms with Crippen LogP contribution < -0.4 is 10.6 Å². The fourth-order valence-electron chi connectivity index (χ4n) is 9.96. The van der Waals surface area contributed by atoms with Crippen LogP contribution in [0.3, 0.4) is 0 Å². The van der Waals surface area contributed by atoms with Crippen molar-refractivity contribution in [2.24, 2.45) is 11.8 Å². The van der Waals surface area contributed by atoms with E-state index in [1.54, 1.807) is 16.2 Å². The Labute approximate surface area is 383 Å². The molecule has 18 nitrogen and oxygen atoms in total. The van der Waals surface area contributed by atoms with Crippen molar-refractivity contribution in [2.45, 2.75) is 62.7 Å². The Morgan fingerprint density at radius 2 is 1.14 bits per heavy atom. The molecule has 4 atom stereocenters. The van der Waals surface area contributed by atoms with Crippen LogP contribution in [0.4, 0.5) is 9.59 Å². The van der Waals surface area contributed by atoms with Crippen molar-refractivity contribution >= 4 is 34.8 Å². The van der Waals surface area contributed by atoms with Gasteiger partial charge in [0.15, 0.2) is 0 Å². The number of aromatic nitrogens is 4. The van der Waals surface area contributed by atoms with Crippen LogP contribution in [0.25, 0.3) is 44.4 Å². The number of rotatable bonds is 11. The average Bonchev–Trinajstić information content (AvgIpc) is 4.19. The first-order chi connectivity index (χ1) is 32.1. The molecule has 4 amide bonds. The maximum atomic E-state index is 14.2. The van der Waals surface area contributed by atoms with Gasteiger partial charge in [0.05, 0.1) is 31.8 Å². The van der Waals surface area contributed by atoms with Gasteiger partial charge < -0.3 is 39.5 Å². The second-order valence-corrected chi connectivity index (χ2v) is 17.6. The van der Waals surface area contributed by atoms with Crippen LogP contribution in [0.2, 0.25) is 0 Å². The van der Waals surface area contributed by atoms with Gasteiger partial charge in [-0.15, -0.1) is 0 Å². The molecule has 0 unspecified atom stereocenters. The molecule has 348 valence electrons. The zero-order chi connectivity index (χ0) is 45.9. The van der Waals surface area contributed by atoms with Gasteiger partial charge in [-0.05, 0) is 90.0 Å². The number of nitrogens with one attached hydrogen (secondary N) is 4. The quantitative estimate of drug-likeness (QED) is 0.124. The molecule has 3 aromatic carbocycles. The van der Waals surface area contributed by atoms with Crippen molar-refractivity contribution in [3.8, 4) is 33.6 Å². The highest BCUT2D eigenvalue weighted by molar-refractivity contribution is 5.91. The number of fused-ring (bicyclic) bond motifs is 1. The standard InChI is InChI=1S/C48H58N10O8/c1-55-19-13-39(57(55)45(59)41(53-47(61)63-3)31-15-21-65-22-16-31)43-49-27-37(51-43)30-7-5-29(6-8-30)33-9-10-35-26-36(12-11-34(35)25-33)38-28-50-44(52-38)40-14-20-56(2)58(40)46(60)42(54-48(62)64-4)32-17-23-66-24-18-32/h5-12,25-28,31-32,39-42H,13-24H2,1-4H3,(H,49,51)(H,50,52)(H,53,61)(H,54,62)/t39-,40-,41+,42+/m0/s1. The van der Waals surface area contributed by atoms with E-state index < -0.39 is 24.3 Å². The molecule has 4 N–H and O–H groups in total. The van der Waals surface area contributed by atoms with Crippen molar-refractivity contribution in [2.75, 3.05) is 67.8 Å². The van der Waals surface area contributed by atoms with E-state index in [2.05, 4.69) is 81.3 Å². The summed E-state index contributed by atoms with van der Waals surface area (Å²) in [5.41, 5.74) is 5.67. The second kappa shape index (κ2) is 19.6. The molecule has 4 aliphatic heterocycles. The van der Waals surface area contributed by atoms with Crippen LogP contribution in [0.15, 0.2) is 73.1 Å². The molecule has 4 fully saturated rings. The molecule has 6 heterocycles. The predicted molar refractivity (Wildman–Crippen MR) is 244 cm³/mol. The Morgan fingerprint density at radius 3 is 1.68 bits per heavy atom. The van der Waals surface area contributed by atoms with Crippen molar-refractivity contribution in [3.05, 3.63) is 84.7 Å². The third kappa shape index (κ3) is 9.22. The summed E-state index contributed by atoms with van der Waals surface area (Å²) in [4.78, 5) is 69.7. The first-order valence-corrected chi connectivity index (χ1v) is 22.8. The molecule has 4 aliphatic rings. The fraction of sp³-hybridized carbons (Fsp3) is 0.458. The van der Waals surface area contributed by atoms with Crippen LogP contribution in [0.1, 0.15) is 62.3 Å². The number of carbonyl (C=O) groups is 4. The number of nitrogens with zero attached hydrogens (tertiary/aromatic N) is 6. The first kappa shape index (κ1) is 44.8. The van der Waals surface area contributed by atoms with E-state index in [0.717, 1.165) is 44.4 Å². The highest BCUT2D eigenvalue weighted by atomic mass is 16.5. The molecular formula is C48H58N10O8. The van der Waals surface area contributed by atoms with Crippen LogP contribution in [0.5, 0.6) is 0 Å². The molecule has 2 aromatic heterocycles. The monoisotopic (exact) mass is 902 g/mol. The Balaban J connectivity index is 0.876. The van der Waals surface area contributed by atoms with Gasteiger partial charge in [-0.1, -0.05) is 48.5 Å². The summed E-state index contributed by atoms with van der Waals surface area (Å²) in [7, 11) is 6.37. The van der Waals surface area contributed by atoms with Gasteiger partial charge in [0, 0.05) is 65.4 Å². The number of hydrogen-bond donors (Lipinski definition) is 4. The number of imidazole rings is 2. The molecule has 18 heteroatoms. The number of benzene rings is 3. The van der Waals surface area contributed by atoms with Crippen LogP contribution in [-0.4, -0.2) is 144 Å². The molecule has 4 saturated heterocycles. The molecule has 0 bridgehead atoms. The molecular weight excluding hydrogens is 845 g/mol. The third-order valence-electron chi connectivity index (χ3n) is 13.6. The summed E-state index contributed by atoms with van der Waals surface area (Å²) in [5.74, 6) is 0.847. The summed E-state index contributed by atoms with van der Waals surface area (Å²) in [6, 6.07) is 18.9. The van der Waals surface area contributed by atoms with Gasteiger partial charge in [0.2, 0.25) is 0 Å². The fourth-order valence-corrected chi connectivity index (χ4v) is 9.96. The van der Waals surface area contributed by atoms with Crippen LogP contribution >= 0.6 is 0 Å². The first-order valence-electron chi connectivity index (χ1n) is 22.8. The maximum absolute atomic E-state index is 14.2.